The van der Waals surface area contributed by atoms with Crippen LogP contribution in [0.3, 0.4) is 0 Å². The molecule has 0 aliphatic carbocycles. The number of hydrogen-bond donors (Lipinski definition) is 2. The van der Waals surface area contributed by atoms with Gasteiger partial charge in [-0.25, -0.2) is 8.78 Å². The minimum Gasteiger partial charge on any atom is -0.486 e. The van der Waals surface area contributed by atoms with E-state index in [-0.39, 0.29) is 6.54 Å². The number of nitrogens with one attached hydrogen (secondary N) is 2. The zero-order chi connectivity index (χ0) is 15.7. The highest BCUT2D eigenvalue weighted by molar-refractivity contribution is 9.10. The van der Waals surface area contributed by atoms with Gasteiger partial charge in [0.2, 0.25) is 5.91 Å². The Morgan fingerprint density at radius 3 is 2.91 bits per heavy atom. The minimum absolute atomic E-state index is 0.234. The predicted molar refractivity (Wildman–Crippen MR) is 78.3 cm³/mol. The molecular formula is C14H15BrF2N2O3. The molecule has 1 saturated heterocycles. The van der Waals surface area contributed by atoms with E-state index in [9.17, 15) is 13.6 Å². The van der Waals surface area contributed by atoms with Crippen molar-refractivity contribution in [3.8, 4) is 11.5 Å². The van der Waals surface area contributed by atoms with Gasteiger partial charge in [-0.3, -0.25) is 10.1 Å². The molecule has 0 radical (unpaired) electrons. The molecule has 0 aromatic heterocycles. The number of halogens is 3. The molecule has 0 spiro atoms. The van der Waals surface area contributed by atoms with Gasteiger partial charge in [-0.1, -0.05) is 0 Å². The summed E-state index contributed by atoms with van der Waals surface area (Å²) in [7, 11) is 0. The third-order valence-corrected chi connectivity index (χ3v) is 4.14. The molecular weight excluding hydrogens is 362 g/mol. The number of amides is 1. The summed E-state index contributed by atoms with van der Waals surface area (Å²) in [6, 6.07) is 2.73. The maximum absolute atomic E-state index is 13.1. The lowest BCUT2D eigenvalue weighted by Crippen LogP contribution is -2.40. The number of hydrogen-bond acceptors (Lipinski definition) is 4. The van der Waals surface area contributed by atoms with Crippen LogP contribution in [0.1, 0.15) is 12.0 Å². The second-order valence-electron chi connectivity index (χ2n) is 5.31. The van der Waals surface area contributed by atoms with Crippen molar-refractivity contribution < 1.29 is 23.0 Å². The molecule has 2 N–H and O–H groups in total. The number of fused-ring (bicyclic) bond motifs is 1. The number of carbonyl (C=O) groups is 1. The van der Waals surface area contributed by atoms with Gasteiger partial charge in [0.05, 0.1) is 17.1 Å². The van der Waals surface area contributed by atoms with Gasteiger partial charge in [-0.05, 0) is 33.6 Å². The molecule has 22 heavy (non-hydrogen) atoms. The van der Waals surface area contributed by atoms with Gasteiger partial charge in [-0.15, -0.1) is 0 Å². The molecule has 2 aliphatic rings. The van der Waals surface area contributed by atoms with Crippen LogP contribution >= 0.6 is 15.9 Å². The van der Waals surface area contributed by atoms with E-state index < -0.39 is 30.8 Å². The lowest BCUT2D eigenvalue weighted by molar-refractivity contribution is -0.123. The summed E-state index contributed by atoms with van der Waals surface area (Å²) in [5.74, 6) is -2.00. The van der Waals surface area contributed by atoms with Crippen molar-refractivity contribution in [2.75, 3.05) is 19.8 Å². The molecule has 5 nitrogen and oxygen atoms in total. The van der Waals surface area contributed by atoms with E-state index in [2.05, 4.69) is 26.6 Å². The Morgan fingerprint density at radius 1 is 1.41 bits per heavy atom. The molecule has 2 aliphatic heterocycles. The Hall–Kier alpha value is -1.41. The Balaban J connectivity index is 1.62. The summed E-state index contributed by atoms with van der Waals surface area (Å²) >= 11 is 3.39. The molecule has 1 unspecified atom stereocenters. The first kappa shape index (κ1) is 15.5. The van der Waals surface area contributed by atoms with E-state index in [4.69, 9.17) is 9.47 Å². The zero-order valence-electron chi connectivity index (χ0n) is 11.6. The van der Waals surface area contributed by atoms with Crippen LogP contribution in [0.15, 0.2) is 16.6 Å². The van der Waals surface area contributed by atoms with Crippen LogP contribution in [0.2, 0.25) is 0 Å². The highest BCUT2D eigenvalue weighted by Gasteiger charge is 2.42. The fourth-order valence-corrected chi connectivity index (χ4v) is 3.08. The molecule has 0 bridgehead atoms. The van der Waals surface area contributed by atoms with Gasteiger partial charge >= 0.3 is 0 Å². The molecule has 1 aromatic carbocycles. The van der Waals surface area contributed by atoms with Crippen LogP contribution in [0.4, 0.5) is 8.78 Å². The Kier molecular flexibility index (Phi) is 4.22. The van der Waals surface area contributed by atoms with Crippen LogP contribution in [-0.4, -0.2) is 37.6 Å². The summed E-state index contributed by atoms with van der Waals surface area (Å²) in [6.45, 7) is 0.734. The van der Waals surface area contributed by atoms with E-state index in [1.54, 1.807) is 6.07 Å². The molecule has 1 atom stereocenters. The van der Waals surface area contributed by atoms with Gasteiger partial charge in [0.1, 0.15) is 13.2 Å². The van der Waals surface area contributed by atoms with Gasteiger partial charge in [-0.2, -0.15) is 0 Å². The van der Waals surface area contributed by atoms with Crippen molar-refractivity contribution >= 4 is 21.8 Å². The summed E-state index contributed by atoms with van der Waals surface area (Å²) in [4.78, 5) is 11.9. The van der Waals surface area contributed by atoms with E-state index >= 15 is 0 Å². The summed E-state index contributed by atoms with van der Waals surface area (Å²) < 4.78 is 37.9. The van der Waals surface area contributed by atoms with Gasteiger partial charge in [0.15, 0.2) is 11.5 Å². The van der Waals surface area contributed by atoms with Crippen molar-refractivity contribution in [2.24, 2.45) is 0 Å². The summed E-state index contributed by atoms with van der Waals surface area (Å²) in [5.41, 5.74) is 0.800. The maximum Gasteiger partial charge on any atom is 0.262 e. The van der Waals surface area contributed by atoms with E-state index in [0.717, 1.165) is 10.0 Å². The zero-order valence-corrected chi connectivity index (χ0v) is 13.2. The quantitative estimate of drug-likeness (QED) is 0.844. The molecule has 1 amide bonds. The number of alkyl halides is 2. The average Bonchev–Trinajstić information content (AvgIpc) is 2.85. The number of benzene rings is 1. The first-order valence-corrected chi connectivity index (χ1v) is 7.71. The number of ether oxygens (including phenoxy) is 2. The molecule has 1 aromatic rings. The van der Waals surface area contributed by atoms with Gasteiger partial charge in [0, 0.05) is 13.0 Å². The van der Waals surface area contributed by atoms with Gasteiger partial charge in [0.25, 0.3) is 5.92 Å². The molecule has 120 valence electrons. The van der Waals surface area contributed by atoms with Crippen molar-refractivity contribution in [3.63, 3.8) is 0 Å². The molecule has 0 saturated carbocycles. The molecule has 2 heterocycles. The predicted octanol–water partition coefficient (Wildman–Crippen LogP) is 1.83. The Morgan fingerprint density at radius 2 is 2.18 bits per heavy atom. The Bertz CT molecular complexity index is 598. The third-order valence-electron chi connectivity index (χ3n) is 3.55. The topological polar surface area (TPSA) is 59.6 Å². The second kappa shape index (κ2) is 6.00. The molecule has 3 rings (SSSR count). The summed E-state index contributed by atoms with van der Waals surface area (Å²) in [5, 5.41) is 5.19. The fourth-order valence-electron chi connectivity index (χ4n) is 2.48. The van der Waals surface area contributed by atoms with E-state index in [1.165, 1.54) is 0 Å². The normalized spacial score (nSPS) is 22.4. The summed E-state index contributed by atoms with van der Waals surface area (Å²) in [6.07, 6.45) is -0.469. The maximum atomic E-state index is 13.1. The second-order valence-corrected chi connectivity index (χ2v) is 6.17. The Labute approximate surface area is 134 Å². The lowest BCUT2D eigenvalue weighted by Gasteiger charge is -2.20. The van der Waals surface area contributed by atoms with Gasteiger partial charge < -0.3 is 14.8 Å². The highest BCUT2D eigenvalue weighted by Crippen LogP contribution is 2.38. The van der Waals surface area contributed by atoms with Crippen LogP contribution in [-0.2, 0) is 11.3 Å². The fraction of sp³-hybridized carbons (Fsp3) is 0.500. The molecule has 1 fully saturated rings. The smallest absolute Gasteiger partial charge is 0.262 e. The molecule has 8 heteroatoms. The van der Waals surface area contributed by atoms with Crippen LogP contribution in [0, 0.1) is 0 Å². The SMILES string of the molecule is O=C(NCc1cc(Br)c2c(c1)OCCO2)C1CC(F)(F)CN1. The number of carbonyl (C=O) groups excluding carboxylic acids is 1. The van der Waals surface area contributed by atoms with Crippen LogP contribution < -0.4 is 20.1 Å². The lowest BCUT2D eigenvalue weighted by atomic mass is 10.1. The van der Waals surface area contributed by atoms with Crippen molar-refractivity contribution in [1.29, 1.82) is 0 Å². The van der Waals surface area contributed by atoms with Crippen LogP contribution in [0.25, 0.3) is 0 Å². The number of rotatable bonds is 3. The van der Waals surface area contributed by atoms with Crippen molar-refractivity contribution in [2.45, 2.75) is 24.9 Å². The minimum atomic E-state index is -2.82. The van der Waals surface area contributed by atoms with Crippen molar-refractivity contribution in [1.82, 2.24) is 10.6 Å². The third kappa shape index (κ3) is 3.33. The van der Waals surface area contributed by atoms with Crippen LogP contribution in [0.5, 0.6) is 11.5 Å². The van der Waals surface area contributed by atoms with E-state index in [0.29, 0.717) is 24.7 Å². The average molecular weight is 377 g/mol. The largest absolute Gasteiger partial charge is 0.486 e. The van der Waals surface area contributed by atoms with E-state index in [1.807, 2.05) is 6.07 Å². The monoisotopic (exact) mass is 376 g/mol. The first-order chi connectivity index (χ1) is 10.4. The first-order valence-electron chi connectivity index (χ1n) is 6.91. The highest BCUT2D eigenvalue weighted by atomic mass is 79.9. The standard InChI is InChI=1S/C14H15BrF2N2O3/c15-9-3-8(4-11-12(9)22-2-1-21-11)6-18-13(20)10-5-14(16,17)7-19-10/h3-4,10,19H,1-2,5-7H2,(H,18,20). The van der Waals surface area contributed by atoms with Crippen molar-refractivity contribution in [3.05, 3.63) is 22.2 Å².